The van der Waals surface area contributed by atoms with E-state index in [1.54, 1.807) is 0 Å². The summed E-state index contributed by atoms with van der Waals surface area (Å²) in [4.78, 5) is 16.5. The fourth-order valence-corrected chi connectivity index (χ4v) is 2.57. The molecule has 1 amide bonds. The van der Waals surface area contributed by atoms with E-state index >= 15 is 0 Å². The normalized spacial score (nSPS) is 29.4. The topological polar surface area (TPSA) is 49.6 Å². The number of nitrogens with two attached hydrogens (primary N) is 1. The number of rotatable bonds is 5. The number of nitrogens with zero attached hydrogens (tertiary/aromatic N) is 2. The van der Waals surface area contributed by atoms with E-state index in [-0.39, 0.29) is 0 Å². The van der Waals surface area contributed by atoms with Gasteiger partial charge in [0.05, 0.1) is 0 Å². The number of piperazine rings is 1. The molecule has 0 radical (unpaired) electrons. The molecule has 2 atom stereocenters. The minimum atomic E-state index is 0.346. The van der Waals surface area contributed by atoms with E-state index in [1.165, 1.54) is 6.42 Å². The summed E-state index contributed by atoms with van der Waals surface area (Å²) in [5.41, 5.74) is 5.49. The molecule has 1 saturated carbocycles. The highest BCUT2D eigenvalue weighted by atomic mass is 16.2. The lowest BCUT2D eigenvalue weighted by molar-refractivity contribution is -0.134. The van der Waals surface area contributed by atoms with Crippen LogP contribution in [-0.4, -0.2) is 55.0 Å². The molecule has 4 nitrogen and oxygen atoms in total. The maximum Gasteiger partial charge on any atom is 0.226 e. The number of hydrogen-bond donors (Lipinski definition) is 1. The summed E-state index contributed by atoms with van der Waals surface area (Å²) in [5, 5.41) is 0. The van der Waals surface area contributed by atoms with Crippen molar-refractivity contribution in [2.24, 2.45) is 17.6 Å². The summed E-state index contributed by atoms with van der Waals surface area (Å²) in [7, 11) is 0. The molecule has 4 heteroatoms. The lowest BCUT2D eigenvalue weighted by Gasteiger charge is -2.35. The Labute approximate surface area is 104 Å². The summed E-state index contributed by atoms with van der Waals surface area (Å²) in [6, 6.07) is 0. The second kappa shape index (κ2) is 5.83. The molecule has 2 N–H and O–H groups in total. The van der Waals surface area contributed by atoms with Crippen LogP contribution in [0.25, 0.3) is 0 Å². The van der Waals surface area contributed by atoms with Gasteiger partial charge in [-0.25, -0.2) is 0 Å². The molecule has 0 aromatic heterocycles. The Bertz CT molecular complexity index is 261. The highest BCUT2D eigenvalue weighted by Gasteiger charge is 2.41. The van der Waals surface area contributed by atoms with Gasteiger partial charge in [-0.3, -0.25) is 9.69 Å². The predicted molar refractivity (Wildman–Crippen MR) is 68.6 cm³/mol. The number of unbranched alkanes of at least 4 members (excludes halogenated alkanes) is 1. The van der Waals surface area contributed by atoms with Crippen LogP contribution in [0.1, 0.15) is 26.2 Å². The van der Waals surface area contributed by atoms with Crippen LogP contribution < -0.4 is 5.73 Å². The lowest BCUT2D eigenvalue weighted by Crippen LogP contribution is -2.49. The van der Waals surface area contributed by atoms with Crippen LogP contribution in [0.5, 0.6) is 0 Å². The van der Waals surface area contributed by atoms with Gasteiger partial charge in [0.2, 0.25) is 5.91 Å². The van der Waals surface area contributed by atoms with Crippen molar-refractivity contribution >= 4 is 5.91 Å². The first-order valence-electron chi connectivity index (χ1n) is 6.93. The molecular formula is C13H25N3O. The van der Waals surface area contributed by atoms with E-state index < -0.39 is 0 Å². The highest BCUT2D eigenvalue weighted by molar-refractivity contribution is 5.81. The zero-order chi connectivity index (χ0) is 12.3. The average molecular weight is 239 g/mol. The molecule has 17 heavy (non-hydrogen) atoms. The van der Waals surface area contributed by atoms with Crippen LogP contribution in [0.4, 0.5) is 0 Å². The molecule has 0 bridgehead atoms. The van der Waals surface area contributed by atoms with Gasteiger partial charge in [0.25, 0.3) is 0 Å². The van der Waals surface area contributed by atoms with Gasteiger partial charge in [0.15, 0.2) is 0 Å². The van der Waals surface area contributed by atoms with Crippen molar-refractivity contribution in [2.45, 2.75) is 26.2 Å². The quantitative estimate of drug-likeness (QED) is 0.712. The third kappa shape index (κ3) is 3.42. The molecule has 2 rings (SSSR count). The van der Waals surface area contributed by atoms with Crippen molar-refractivity contribution in [2.75, 3.05) is 39.3 Å². The van der Waals surface area contributed by atoms with Gasteiger partial charge in [-0.1, -0.05) is 6.92 Å². The molecule has 1 aliphatic carbocycles. The molecule has 1 heterocycles. The molecule has 2 fully saturated rings. The van der Waals surface area contributed by atoms with Gasteiger partial charge in [-0.15, -0.1) is 0 Å². The summed E-state index contributed by atoms with van der Waals surface area (Å²) in [5.74, 6) is 1.38. The van der Waals surface area contributed by atoms with Gasteiger partial charge in [0.1, 0.15) is 0 Å². The SMILES string of the molecule is CC1CC1C(=O)N1CCN(CCCCN)CC1. The number of carbonyl (C=O) groups excluding carboxylic acids is 1. The van der Waals surface area contributed by atoms with Crippen LogP contribution in [0.15, 0.2) is 0 Å². The minimum Gasteiger partial charge on any atom is -0.340 e. The summed E-state index contributed by atoms with van der Waals surface area (Å²) in [6.07, 6.45) is 3.40. The van der Waals surface area contributed by atoms with E-state index in [4.69, 9.17) is 5.73 Å². The Kier molecular flexibility index (Phi) is 4.40. The Balaban J connectivity index is 1.65. The molecule has 1 aliphatic heterocycles. The molecule has 0 aromatic rings. The van der Waals surface area contributed by atoms with Crippen LogP contribution in [0, 0.1) is 11.8 Å². The Morgan fingerprint density at radius 1 is 1.24 bits per heavy atom. The molecule has 1 saturated heterocycles. The zero-order valence-corrected chi connectivity index (χ0v) is 10.9. The second-order valence-corrected chi connectivity index (χ2v) is 5.48. The van der Waals surface area contributed by atoms with Crippen LogP contribution >= 0.6 is 0 Å². The van der Waals surface area contributed by atoms with Gasteiger partial charge >= 0.3 is 0 Å². The Hall–Kier alpha value is -0.610. The van der Waals surface area contributed by atoms with E-state index in [2.05, 4.69) is 16.7 Å². The largest absolute Gasteiger partial charge is 0.340 e. The summed E-state index contributed by atoms with van der Waals surface area (Å²) < 4.78 is 0. The number of carbonyl (C=O) groups is 1. The van der Waals surface area contributed by atoms with Crippen molar-refractivity contribution in [1.29, 1.82) is 0 Å². The summed E-state index contributed by atoms with van der Waals surface area (Å²) in [6.45, 7) is 8.02. The molecule has 0 aromatic carbocycles. The standard InChI is InChI=1S/C13H25N3O/c1-11-10-12(11)13(17)16-8-6-15(7-9-16)5-3-2-4-14/h11-12H,2-10,14H2,1H3. The van der Waals surface area contributed by atoms with Crippen molar-refractivity contribution in [3.05, 3.63) is 0 Å². The van der Waals surface area contributed by atoms with Crippen molar-refractivity contribution < 1.29 is 4.79 Å². The lowest BCUT2D eigenvalue weighted by atomic mass is 10.2. The van der Waals surface area contributed by atoms with Crippen molar-refractivity contribution in [3.63, 3.8) is 0 Å². The van der Waals surface area contributed by atoms with E-state index in [0.29, 0.717) is 17.7 Å². The summed E-state index contributed by atoms with van der Waals surface area (Å²) >= 11 is 0. The molecule has 2 aliphatic rings. The second-order valence-electron chi connectivity index (χ2n) is 5.48. The Morgan fingerprint density at radius 2 is 1.88 bits per heavy atom. The maximum absolute atomic E-state index is 12.0. The smallest absolute Gasteiger partial charge is 0.226 e. The highest BCUT2D eigenvalue weighted by Crippen LogP contribution is 2.39. The molecule has 0 spiro atoms. The van der Waals surface area contributed by atoms with Crippen LogP contribution in [0.3, 0.4) is 0 Å². The van der Waals surface area contributed by atoms with Crippen molar-refractivity contribution in [1.82, 2.24) is 9.80 Å². The first-order valence-corrected chi connectivity index (χ1v) is 6.93. The van der Waals surface area contributed by atoms with Crippen LogP contribution in [-0.2, 0) is 4.79 Å². The first-order chi connectivity index (χ1) is 8.22. The van der Waals surface area contributed by atoms with E-state index in [9.17, 15) is 4.79 Å². The predicted octanol–water partition coefficient (Wildman–Crippen LogP) is 0.526. The average Bonchev–Trinajstić information content (AvgIpc) is 3.07. The van der Waals surface area contributed by atoms with Gasteiger partial charge < -0.3 is 10.6 Å². The van der Waals surface area contributed by atoms with E-state index in [1.807, 2.05) is 0 Å². The monoisotopic (exact) mass is 239 g/mol. The van der Waals surface area contributed by atoms with E-state index in [0.717, 1.165) is 52.1 Å². The van der Waals surface area contributed by atoms with Gasteiger partial charge in [-0.05, 0) is 38.3 Å². The Morgan fingerprint density at radius 3 is 2.41 bits per heavy atom. The first kappa shape index (κ1) is 12.8. The number of hydrogen-bond acceptors (Lipinski definition) is 3. The van der Waals surface area contributed by atoms with Gasteiger partial charge in [-0.2, -0.15) is 0 Å². The fourth-order valence-electron chi connectivity index (χ4n) is 2.57. The van der Waals surface area contributed by atoms with Crippen LogP contribution in [0.2, 0.25) is 0 Å². The molecular weight excluding hydrogens is 214 g/mol. The maximum atomic E-state index is 12.0. The molecule has 98 valence electrons. The van der Waals surface area contributed by atoms with Gasteiger partial charge in [0, 0.05) is 32.1 Å². The molecule has 2 unspecified atom stereocenters. The fraction of sp³-hybridized carbons (Fsp3) is 0.923. The number of amides is 1. The third-order valence-corrected chi connectivity index (χ3v) is 4.04. The zero-order valence-electron chi connectivity index (χ0n) is 10.9. The minimum absolute atomic E-state index is 0.346. The third-order valence-electron chi connectivity index (χ3n) is 4.04. The van der Waals surface area contributed by atoms with Crippen molar-refractivity contribution in [3.8, 4) is 0 Å².